The highest BCUT2D eigenvalue weighted by molar-refractivity contribution is 5.61. The van der Waals surface area contributed by atoms with Crippen LogP contribution in [0.2, 0.25) is 0 Å². The Morgan fingerprint density at radius 1 is 1.21 bits per heavy atom. The molecule has 3 aromatic rings. The van der Waals surface area contributed by atoms with Crippen LogP contribution in [0, 0.1) is 24.1 Å². The molecule has 0 fully saturated rings. The monoisotopic (exact) mass is 252 g/mol. The van der Waals surface area contributed by atoms with Crippen LogP contribution in [0.5, 0.6) is 0 Å². The Hall–Kier alpha value is -2.74. The molecule has 0 aliphatic carbocycles. The summed E-state index contributed by atoms with van der Waals surface area (Å²) in [4.78, 5) is 0. The van der Waals surface area contributed by atoms with Gasteiger partial charge in [-0.2, -0.15) is 5.26 Å². The van der Waals surface area contributed by atoms with Gasteiger partial charge in [0.15, 0.2) is 11.5 Å². The Morgan fingerprint density at radius 3 is 2.79 bits per heavy atom. The Balaban J connectivity index is 2.24. The van der Waals surface area contributed by atoms with Crippen molar-refractivity contribution in [3.8, 4) is 17.5 Å². The highest BCUT2D eigenvalue weighted by Crippen LogP contribution is 2.21. The van der Waals surface area contributed by atoms with Crippen LogP contribution < -0.4 is 0 Å². The number of pyridine rings is 1. The molecule has 4 nitrogen and oxygen atoms in total. The van der Waals surface area contributed by atoms with Gasteiger partial charge in [-0.05, 0) is 42.8 Å². The predicted molar refractivity (Wildman–Crippen MR) is 67.8 cm³/mol. The second-order valence-electron chi connectivity index (χ2n) is 4.25. The normalized spacial score (nSPS) is 10.6. The Morgan fingerprint density at radius 2 is 2.05 bits per heavy atom. The summed E-state index contributed by atoms with van der Waals surface area (Å²) in [7, 11) is 0. The van der Waals surface area contributed by atoms with Crippen LogP contribution in [0.4, 0.5) is 4.39 Å². The van der Waals surface area contributed by atoms with Crippen molar-refractivity contribution in [2.24, 2.45) is 0 Å². The smallest absolute Gasteiger partial charge is 0.168 e. The summed E-state index contributed by atoms with van der Waals surface area (Å²) in [6, 6.07) is 10.2. The second kappa shape index (κ2) is 4.18. The number of benzene rings is 1. The molecule has 0 aliphatic rings. The zero-order valence-electron chi connectivity index (χ0n) is 10.1. The molecule has 19 heavy (non-hydrogen) atoms. The maximum atomic E-state index is 13.3. The molecule has 5 heteroatoms. The SMILES string of the molecule is Cc1cc(-c2nnc3ccc(C#N)cn23)ccc1F. The van der Waals surface area contributed by atoms with Gasteiger partial charge in [0.1, 0.15) is 11.9 Å². The first-order valence-corrected chi connectivity index (χ1v) is 5.70. The minimum Gasteiger partial charge on any atom is -0.281 e. The number of nitriles is 1. The average Bonchev–Trinajstić information content (AvgIpc) is 2.84. The number of aryl methyl sites for hydroxylation is 1. The third-order valence-corrected chi connectivity index (χ3v) is 2.95. The molecule has 0 bridgehead atoms. The number of hydrogen-bond acceptors (Lipinski definition) is 3. The van der Waals surface area contributed by atoms with E-state index < -0.39 is 0 Å². The van der Waals surface area contributed by atoms with Gasteiger partial charge < -0.3 is 0 Å². The van der Waals surface area contributed by atoms with Gasteiger partial charge in [0.2, 0.25) is 0 Å². The van der Waals surface area contributed by atoms with Crippen LogP contribution in [0.15, 0.2) is 36.5 Å². The molecule has 1 aromatic carbocycles. The lowest BCUT2D eigenvalue weighted by Gasteiger charge is -2.02. The lowest BCUT2D eigenvalue weighted by molar-refractivity contribution is 0.618. The lowest BCUT2D eigenvalue weighted by atomic mass is 10.1. The fraction of sp³-hybridized carbons (Fsp3) is 0.0714. The average molecular weight is 252 g/mol. The van der Waals surface area contributed by atoms with Gasteiger partial charge in [-0.25, -0.2) is 4.39 Å². The van der Waals surface area contributed by atoms with Crippen LogP contribution >= 0.6 is 0 Å². The summed E-state index contributed by atoms with van der Waals surface area (Å²) in [5.74, 6) is 0.338. The van der Waals surface area contributed by atoms with Gasteiger partial charge in [0.05, 0.1) is 5.56 Å². The molecule has 0 unspecified atom stereocenters. The fourth-order valence-corrected chi connectivity index (χ4v) is 1.94. The van der Waals surface area contributed by atoms with Gasteiger partial charge in [-0.15, -0.1) is 10.2 Å². The number of nitrogens with zero attached hydrogens (tertiary/aromatic N) is 4. The first kappa shape index (κ1) is 11.4. The first-order valence-electron chi connectivity index (χ1n) is 5.70. The molecule has 0 aliphatic heterocycles. The summed E-state index contributed by atoms with van der Waals surface area (Å²) in [5, 5.41) is 17.0. The Labute approximate surface area is 108 Å². The van der Waals surface area contributed by atoms with Gasteiger partial charge in [0, 0.05) is 11.8 Å². The minimum atomic E-state index is -0.254. The minimum absolute atomic E-state index is 0.254. The Bertz CT molecular complexity index is 814. The first-order chi connectivity index (χ1) is 9.19. The number of hydrogen-bond donors (Lipinski definition) is 0. The van der Waals surface area contributed by atoms with E-state index in [1.165, 1.54) is 6.07 Å². The predicted octanol–water partition coefficient (Wildman–Crippen LogP) is 2.72. The van der Waals surface area contributed by atoms with E-state index in [1.54, 1.807) is 41.8 Å². The summed E-state index contributed by atoms with van der Waals surface area (Å²) < 4.78 is 15.0. The van der Waals surface area contributed by atoms with Crippen molar-refractivity contribution in [1.29, 1.82) is 5.26 Å². The van der Waals surface area contributed by atoms with Crippen molar-refractivity contribution < 1.29 is 4.39 Å². The van der Waals surface area contributed by atoms with Crippen molar-refractivity contribution in [3.63, 3.8) is 0 Å². The van der Waals surface area contributed by atoms with Gasteiger partial charge in [-0.1, -0.05) is 0 Å². The van der Waals surface area contributed by atoms with Crippen molar-refractivity contribution in [3.05, 3.63) is 53.5 Å². The highest BCUT2D eigenvalue weighted by atomic mass is 19.1. The molecule has 0 N–H and O–H groups in total. The topological polar surface area (TPSA) is 54.0 Å². The van der Waals surface area contributed by atoms with Crippen molar-refractivity contribution in [2.75, 3.05) is 0 Å². The molecule has 2 aromatic heterocycles. The van der Waals surface area contributed by atoms with E-state index in [9.17, 15) is 4.39 Å². The molecular weight excluding hydrogens is 243 g/mol. The van der Waals surface area contributed by atoms with Crippen LogP contribution in [-0.4, -0.2) is 14.6 Å². The van der Waals surface area contributed by atoms with Crippen LogP contribution in [0.3, 0.4) is 0 Å². The highest BCUT2D eigenvalue weighted by Gasteiger charge is 2.10. The lowest BCUT2D eigenvalue weighted by Crippen LogP contribution is -1.92. The van der Waals surface area contributed by atoms with Crippen molar-refractivity contribution >= 4 is 5.65 Å². The molecule has 0 radical (unpaired) electrons. The third kappa shape index (κ3) is 1.83. The number of halogens is 1. The largest absolute Gasteiger partial charge is 0.281 e. The number of fused-ring (bicyclic) bond motifs is 1. The van der Waals surface area contributed by atoms with Crippen LogP contribution in [0.25, 0.3) is 17.0 Å². The van der Waals surface area contributed by atoms with Crippen molar-refractivity contribution in [1.82, 2.24) is 14.6 Å². The summed E-state index contributed by atoms with van der Waals surface area (Å²) in [5.41, 5.74) is 2.48. The molecule has 2 heterocycles. The van der Waals surface area contributed by atoms with E-state index in [-0.39, 0.29) is 5.82 Å². The summed E-state index contributed by atoms with van der Waals surface area (Å²) >= 11 is 0. The van der Waals surface area contributed by atoms with E-state index in [1.807, 2.05) is 0 Å². The number of aromatic nitrogens is 3. The molecule has 0 amide bonds. The molecular formula is C14H9FN4. The molecule has 0 saturated heterocycles. The van der Waals surface area contributed by atoms with E-state index >= 15 is 0 Å². The molecule has 0 saturated carbocycles. The van der Waals surface area contributed by atoms with Crippen molar-refractivity contribution in [2.45, 2.75) is 6.92 Å². The quantitative estimate of drug-likeness (QED) is 0.669. The maximum Gasteiger partial charge on any atom is 0.168 e. The second-order valence-corrected chi connectivity index (χ2v) is 4.25. The van der Waals surface area contributed by atoms with Crippen LogP contribution in [-0.2, 0) is 0 Å². The maximum absolute atomic E-state index is 13.3. The zero-order valence-corrected chi connectivity index (χ0v) is 10.1. The molecule has 0 spiro atoms. The van der Waals surface area contributed by atoms with Gasteiger partial charge in [-0.3, -0.25) is 4.40 Å². The van der Waals surface area contributed by atoms with Gasteiger partial charge in [0.25, 0.3) is 0 Å². The van der Waals surface area contributed by atoms with E-state index in [2.05, 4.69) is 16.3 Å². The zero-order chi connectivity index (χ0) is 13.4. The van der Waals surface area contributed by atoms with Crippen LogP contribution in [0.1, 0.15) is 11.1 Å². The summed E-state index contributed by atoms with van der Waals surface area (Å²) in [6.45, 7) is 1.70. The van der Waals surface area contributed by atoms with E-state index in [0.29, 0.717) is 22.6 Å². The summed E-state index contributed by atoms with van der Waals surface area (Å²) in [6.07, 6.45) is 1.67. The fourth-order valence-electron chi connectivity index (χ4n) is 1.94. The number of rotatable bonds is 1. The third-order valence-electron chi connectivity index (χ3n) is 2.95. The van der Waals surface area contributed by atoms with E-state index in [4.69, 9.17) is 5.26 Å². The standard InChI is InChI=1S/C14H9FN4/c1-9-6-11(3-4-12(9)15)14-18-17-13-5-2-10(7-16)8-19(13)14/h2-6,8H,1H3. The molecule has 0 atom stereocenters. The van der Waals surface area contributed by atoms with E-state index in [0.717, 1.165) is 5.56 Å². The molecule has 3 rings (SSSR count). The molecule has 92 valence electrons. The van der Waals surface area contributed by atoms with Gasteiger partial charge >= 0.3 is 0 Å². The Kier molecular flexibility index (Phi) is 2.50.